The van der Waals surface area contributed by atoms with Crippen LogP contribution < -0.4 is 0 Å². The van der Waals surface area contributed by atoms with Gasteiger partial charge in [0.25, 0.3) is 0 Å². The molecule has 0 aromatic rings. The van der Waals surface area contributed by atoms with E-state index >= 15 is 0 Å². The number of ether oxygens (including phenoxy) is 1. The van der Waals surface area contributed by atoms with Gasteiger partial charge < -0.3 is 9.64 Å². The zero-order valence-electron chi connectivity index (χ0n) is 13.3. The average molecular weight is 371 g/mol. The third kappa shape index (κ3) is 4.61. The Bertz CT molecular complexity index is 602. The van der Waals surface area contributed by atoms with E-state index in [0.717, 1.165) is 0 Å². The van der Waals surface area contributed by atoms with E-state index in [0.29, 0.717) is 11.3 Å². The summed E-state index contributed by atoms with van der Waals surface area (Å²) in [6.45, 7) is -0.739. The quantitative estimate of drug-likeness (QED) is 0.678. The van der Waals surface area contributed by atoms with Crippen LogP contribution in [-0.4, -0.2) is 62.6 Å². The molecule has 1 spiro atoms. The molecule has 0 aromatic carbocycles. The van der Waals surface area contributed by atoms with Crippen molar-refractivity contribution < 1.29 is 35.9 Å². The monoisotopic (exact) mass is 371 g/mol. The van der Waals surface area contributed by atoms with Gasteiger partial charge in [-0.1, -0.05) is 0 Å². The topological polar surface area (TPSA) is 80.8 Å². The molecule has 10 heteroatoms. The van der Waals surface area contributed by atoms with Gasteiger partial charge in [0, 0.05) is 5.92 Å². The lowest BCUT2D eigenvalue weighted by molar-refractivity contribution is -0.168. The summed E-state index contributed by atoms with van der Waals surface area (Å²) >= 11 is 0. The number of amides is 1. The molecule has 1 saturated heterocycles. The fourth-order valence-corrected chi connectivity index (χ4v) is 4.84. The van der Waals surface area contributed by atoms with Gasteiger partial charge in [-0.3, -0.25) is 9.59 Å². The highest BCUT2D eigenvalue weighted by molar-refractivity contribution is 7.91. The Labute approximate surface area is 138 Å². The summed E-state index contributed by atoms with van der Waals surface area (Å²) in [7, 11) is -3.12. The number of carbonyl (C=O) groups is 2. The van der Waals surface area contributed by atoms with Gasteiger partial charge in [-0.05, 0) is 31.6 Å². The number of hydrogen-bond acceptors (Lipinski definition) is 5. The SMILES string of the molecule is CCOC(=O)CN(CC(F)(F)F)C(=O)C1CC12CCS(=O)(=O)CC2. The standard InChI is InChI=1S/C14H20F3NO5S/c1-2-23-11(19)8-18(9-14(15,16)17)12(20)10-7-13(10)3-5-24(21,22)6-4-13/h10H,2-9H2,1H3. The Balaban J connectivity index is 2.04. The molecule has 1 atom stereocenters. The van der Waals surface area contributed by atoms with E-state index in [1.165, 1.54) is 6.92 Å². The van der Waals surface area contributed by atoms with Crippen LogP contribution in [0.2, 0.25) is 0 Å². The van der Waals surface area contributed by atoms with Crippen LogP contribution in [0.1, 0.15) is 26.2 Å². The molecule has 1 unspecified atom stereocenters. The van der Waals surface area contributed by atoms with Crippen LogP contribution in [-0.2, 0) is 24.2 Å². The molecule has 1 aliphatic heterocycles. The van der Waals surface area contributed by atoms with Crippen LogP contribution in [0, 0.1) is 11.3 Å². The second kappa shape index (κ2) is 6.53. The normalized spacial score (nSPS) is 24.4. The van der Waals surface area contributed by atoms with E-state index in [1.54, 1.807) is 0 Å². The summed E-state index contributed by atoms with van der Waals surface area (Å²) in [6, 6.07) is 0. The first-order chi connectivity index (χ1) is 11.0. The highest BCUT2D eigenvalue weighted by Crippen LogP contribution is 2.60. The Morgan fingerprint density at radius 2 is 1.83 bits per heavy atom. The summed E-state index contributed by atoms with van der Waals surface area (Å²) < 4.78 is 65.7. The van der Waals surface area contributed by atoms with Gasteiger partial charge in [0.05, 0.1) is 18.1 Å². The molecule has 2 rings (SSSR count). The zero-order valence-corrected chi connectivity index (χ0v) is 14.1. The fourth-order valence-electron chi connectivity index (χ4n) is 3.21. The van der Waals surface area contributed by atoms with Gasteiger partial charge >= 0.3 is 12.1 Å². The van der Waals surface area contributed by atoms with E-state index in [2.05, 4.69) is 4.74 Å². The Kier molecular flexibility index (Phi) is 5.17. The molecular weight excluding hydrogens is 351 g/mol. The first kappa shape index (κ1) is 19.0. The fraction of sp³-hybridized carbons (Fsp3) is 0.857. The van der Waals surface area contributed by atoms with Gasteiger partial charge in [0.1, 0.15) is 22.9 Å². The Morgan fingerprint density at radius 1 is 1.25 bits per heavy atom. The predicted molar refractivity (Wildman–Crippen MR) is 77.7 cm³/mol. The Hall–Kier alpha value is -1.32. The van der Waals surface area contributed by atoms with Crippen molar-refractivity contribution in [2.75, 3.05) is 31.2 Å². The van der Waals surface area contributed by atoms with Crippen LogP contribution in [0.15, 0.2) is 0 Å². The summed E-state index contributed by atoms with van der Waals surface area (Å²) in [6.07, 6.45) is -3.69. The Morgan fingerprint density at radius 3 is 2.33 bits per heavy atom. The van der Waals surface area contributed by atoms with Crippen molar-refractivity contribution in [3.05, 3.63) is 0 Å². The molecule has 1 amide bonds. The number of rotatable bonds is 5. The van der Waals surface area contributed by atoms with Gasteiger partial charge in [-0.2, -0.15) is 13.2 Å². The van der Waals surface area contributed by atoms with E-state index in [1.807, 2.05) is 0 Å². The molecule has 1 aliphatic carbocycles. The summed E-state index contributed by atoms with van der Waals surface area (Å²) in [4.78, 5) is 24.4. The van der Waals surface area contributed by atoms with Crippen molar-refractivity contribution in [3.8, 4) is 0 Å². The van der Waals surface area contributed by atoms with Crippen LogP contribution in [0.25, 0.3) is 0 Å². The molecule has 2 fully saturated rings. The number of hydrogen-bond donors (Lipinski definition) is 0. The number of alkyl halides is 3. The first-order valence-electron chi connectivity index (χ1n) is 7.70. The molecule has 6 nitrogen and oxygen atoms in total. The molecule has 1 heterocycles. The smallest absolute Gasteiger partial charge is 0.406 e. The number of carbonyl (C=O) groups excluding carboxylic acids is 2. The third-order valence-electron chi connectivity index (χ3n) is 4.62. The second-order valence-electron chi connectivity index (χ2n) is 6.39. The molecule has 2 aliphatic rings. The third-order valence-corrected chi connectivity index (χ3v) is 6.27. The lowest BCUT2D eigenvalue weighted by Crippen LogP contribution is -2.44. The van der Waals surface area contributed by atoms with Crippen molar-refractivity contribution in [2.24, 2.45) is 11.3 Å². The maximum atomic E-state index is 12.7. The minimum absolute atomic E-state index is 0.0120. The van der Waals surface area contributed by atoms with Crippen LogP contribution >= 0.6 is 0 Å². The molecule has 0 N–H and O–H groups in total. The van der Waals surface area contributed by atoms with Crippen molar-refractivity contribution >= 4 is 21.7 Å². The van der Waals surface area contributed by atoms with E-state index in [9.17, 15) is 31.2 Å². The van der Waals surface area contributed by atoms with Crippen LogP contribution in [0.3, 0.4) is 0 Å². The van der Waals surface area contributed by atoms with Gasteiger partial charge in [0.2, 0.25) is 5.91 Å². The van der Waals surface area contributed by atoms with E-state index in [-0.39, 0.29) is 31.0 Å². The summed E-state index contributed by atoms with van der Waals surface area (Å²) in [5.41, 5.74) is -0.527. The maximum absolute atomic E-state index is 12.7. The number of sulfone groups is 1. The summed E-state index contributed by atoms with van der Waals surface area (Å²) in [5, 5.41) is 0. The number of nitrogens with zero attached hydrogens (tertiary/aromatic N) is 1. The maximum Gasteiger partial charge on any atom is 0.406 e. The van der Waals surface area contributed by atoms with Gasteiger partial charge in [-0.25, -0.2) is 8.42 Å². The second-order valence-corrected chi connectivity index (χ2v) is 8.69. The highest BCUT2D eigenvalue weighted by Gasteiger charge is 2.60. The molecule has 0 radical (unpaired) electrons. The molecule has 0 aromatic heterocycles. The minimum Gasteiger partial charge on any atom is -0.465 e. The molecular formula is C14H20F3NO5S. The van der Waals surface area contributed by atoms with Crippen molar-refractivity contribution in [3.63, 3.8) is 0 Å². The van der Waals surface area contributed by atoms with Crippen molar-refractivity contribution in [1.29, 1.82) is 0 Å². The molecule has 24 heavy (non-hydrogen) atoms. The molecule has 138 valence electrons. The van der Waals surface area contributed by atoms with E-state index in [4.69, 9.17) is 0 Å². The lowest BCUT2D eigenvalue weighted by Gasteiger charge is -2.26. The van der Waals surface area contributed by atoms with Crippen LogP contribution in [0.4, 0.5) is 13.2 Å². The summed E-state index contributed by atoms with van der Waals surface area (Å²) in [5.74, 6) is -2.39. The van der Waals surface area contributed by atoms with Gasteiger partial charge in [-0.15, -0.1) is 0 Å². The predicted octanol–water partition coefficient (Wildman–Crippen LogP) is 1.16. The first-order valence-corrected chi connectivity index (χ1v) is 9.52. The lowest BCUT2D eigenvalue weighted by atomic mass is 9.96. The number of esters is 1. The van der Waals surface area contributed by atoms with Crippen LogP contribution in [0.5, 0.6) is 0 Å². The van der Waals surface area contributed by atoms with E-state index < -0.39 is 52.3 Å². The van der Waals surface area contributed by atoms with Crippen molar-refractivity contribution in [2.45, 2.75) is 32.4 Å². The van der Waals surface area contributed by atoms with Gasteiger partial charge in [0.15, 0.2) is 0 Å². The molecule has 0 bridgehead atoms. The van der Waals surface area contributed by atoms with Crippen molar-refractivity contribution in [1.82, 2.24) is 4.90 Å². The zero-order chi connectivity index (χ0) is 18.2. The average Bonchev–Trinajstić information content (AvgIpc) is 3.14. The largest absolute Gasteiger partial charge is 0.465 e. The highest BCUT2D eigenvalue weighted by atomic mass is 32.2. The molecule has 1 saturated carbocycles. The number of halogens is 3. The minimum atomic E-state index is -4.62.